The molecule has 6 heteroatoms. The SMILES string of the molecule is CC(C)C(=O)c1c(CSc2ccc3ccccc3c2)n(CC(=O)O)c2ccc(OCc3ccccc3)cc12. The summed E-state index contributed by atoms with van der Waals surface area (Å²) in [5.41, 5.74) is 3.06. The summed E-state index contributed by atoms with van der Waals surface area (Å²) in [7, 11) is 0. The molecular weight excluding hydrogens is 494 g/mol. The number of ether oxygens (including phenoxy) is 1. The Kier molecular flexibility index (Phi) is 7.52. The van der Waals surface area contributed by atoms with Gasteiger partial charge in [-0.15, -0.1) is 11.8 Å². The normalized spacial score (nSPS) is 11.3. The highest BCUT2D eigenvalue weighted by molar-refractivity contribution is 7.98. The van der Waals surface area contributed by atoms with Crippen molar-refractivity contribution < 1.29 is 19.4 Å². The van der Waals surface area contributed by atoms with Gasteiger partial charge in [-0.2, -0.15) is 0 Å². The quantitative estimate of drug-likeness (QED) is 0.151. The molecule has 0 spiro atoms. The van der Waals surface area contributed by atoms with E-state index in [0.717, 1.165) is 37.8 Å². The Morgan fingerprint density at radius 3 is 2.37 bits per heavy atom. The molecule has 5 rings (SSSR count). The third-order valence-electron chi connectivity index (χ3n) is 6.55. The molecule has 192 valence electrons. The molecule has 0 saturated heterocycles. The Balaban J connectivity index is 1.55. The van der Waals surface area contributed by atoms with Gasteiger partial charge in [-0.1, -0.05) is 74.5 Å². The van der Waals surface area contributed by atoms with Crippen LogP contribution in [0, 0.1) is 5.92 Å². The number of aromatic nitrogens is 1. The zero-order valence-corrected chi connectivity index (χ0v) is 22.2. The predicted molar refractivity (Wildman–Crippen MR) is 153 cm³/mol. The molecule has 0 atom stereocenters. The van der Waals surface area contributed by atoms with Crippen molar-refractivity contribution in [2.75, 3.05) is 0 Å². The fourth-order valence-corrected chi connectivity index (χ4v) is 5.63. The Bertz CT molecular complexity index is 1620. The van der Waals surface area contributed by atoms with Crippen molar-refractivity contribution in [3.8, 4) is 5.75 Å². The lowest BCUT2D eigenvalue weighted by Gasteiger charge is -2.12. The molecule has 5 nitrogen and oxygen atoms in total. The van der Waals surface area contributed by atoms with Gasteiger partial charge in [0.25, 0.3) is 0 Å². The summed E-state index contributed by atoms with van der Waals surface area (Å²) >= 11 is 1.60. The maximum atomic E-state index is 13.5. The Morgan fingerprint density at radius 1 is 0.895 bits per heavy atom. The molecule has 38 heavy (non-hydrogen) atoms. The number of nitrogens with zero attached hydrogens (tertiary/aromatic N) is 1. The lowest BCUT2D eigenvalue weighted by molar-refractivity contribution is -0.137. The van der Waals surface area contributed by atoms with Crippen LogP contribution in [0.1, 0.15) is 35.5 Å². The Labute approximate surface area is 226 Å². The molecule has 4 aromatic carbocycles. The number of carboxylic acid groups (broad SMARTS) is 1. The van der Waals surface area contributed by atoms with E-state index in [-0.39, 0.29) is 18.2 Å². The summed E-state index contributed by atoms with van der Waals surface area (Å²) in [5, 5.41) is 12.8. The molecule has 0 amide bonds. The van der Waals surface area contributed by atoms with Gasteiger partial charge in [0, 0.05) is 38.7 Å². The minimum atomic E-state index is -0.952. The van der Waals surface area contributed by atoms with Crippen molar-refractivity contribution in [3.63, 3.8) is 0 Å². The molecule has 1 heterocycles. The summed E-state index contributed by atoms with van der Waals surface area (Å²) in [6.07, 6.45) is 0. The van der Waals surface area contributed by atoms with E-state index < -0.39 is 5.97 Å². The van der Waals surface area contributed by atoms with Crippen LogP contribution in [-0.4, -0.2) is 21.4 Å². The van der Waals surface area contributed by atoms with E-state index in [2.05, 4.69) is 30.3 Å². The molecule has 0 aliphatic rings. The molecule has 0 radical (unpaired) electrons. The van der Waals surface area contributed by atoms with Crippen LogP contribution in [0.4, 0.5) is 0 Å². The number of ketones is 1. The standard InChI is InChI=1S/C32H29NO4S/c1-21(2)32(36)31-27-17-25(37-19-22-8-4-3-5-9-22)13-15-28(27)33(18-30(34)35)29(31)20-38-26-14-12-23-10-6-7-11-24(23)16-26/h3-17,21H,18-20H2,1-2H3,(H,34,35). The fourth-order valence-electron chi connectivity index (χ4n) is 4.66. The Morgan fingerprint density at radius 2 is 1.63 bits per heavy atom. The zero-order valence-electron chi connectivity index (χ0n) is 21.4. The molecule has 0 fully saturated rings. The van der Waals surface area contributed by atoms with Gasteiger partial charge in [0.1, 0.15) is 18.9 Å². The maximum absolute atomic E-state index is 13.5. The van der Waals surface area contributed by atoms with E-state index in [1.54, 1.807) is 16.3 Å². The van der Waals surface area contributed by atoms with Crippen molar-refractivity contribution in [1.29, 1.82) is 0 Å². The highest BCUT2D eigenvalue weighted by atomic mass is 32.2. The number of rotatable bonds is 10. The first-order valence-corrected chi connectivity index (χ1v) is 13.6. The molecule has 5 aromatic rings. The largest absolute Gasteiger partial charge is 0.489 e. The van der Waals surface area contributed by atoms with Crippen LogP contribution in [0.5, 0.6) is 5.75 Å². The van der Waals surface area contributed by atoms with Crippen LogP contribution >= 0.6 is 11.8 Å². The number of fused-ring (bicyclic) bond motifs is 2. The van der Waals surface area contributed by atoms with Gasteiger partial charge in [-0.25, -0.2) is 0 Å². The highest BCUT2D eigenvalue weighted by Gasteiger charge is 2.25. The van der Waals surface area contributed by atoms with Crippen molar-refractivity contribution >= 4 is 45.2 Å². The van der Waals surface area contributed by atoms with Crippen LogP contribution in [0.2, 0.25) is 0 Å². The van der Waals surface area contributed by atoms with Gasteiger partial charge in [0.15, 0.2) is 5.78 Å². The first-order valence-electron chi connectivity index (χ1n) is 12.6. The minimum Gasteiger partial charge on any atom is -0.489 e. The van der Waals surface area contributed by atoms with E-state index in [9.17, 15) is 14.7 Å². The second-order valence-corrected chi connectivity index (χ2v) is 10.6. The van der Waals surface area contributed by atoms with Gasteiger partial charge in [-0.3, -0.25) is 9.59 Å². The molecule has 0 aliphatic heterocycles. The molecule has 1 N–H and O–H groups in total. The second-order valence-electron chi connectivity index (χ2n) is 9.57. The third-order valence-corrected chi connectivity index (χ3v) is 7.56. The number of thioether (sulfide) groups is 1. The highest BCUT2D eigenvalue weighted by Crippen LogP contribution is 2.36. The number of aliphatic carboxylic acids is 1. The van der Waals surface area contributed by atoms with Crippen molar-refractivity contribution in [2.24, 2.45) is 5.92 Å². The fraction of sp³-hybridized carbons (Fsp3) is 0.188. The lowest BCUT2D eigenvalue weighted by Crippen LogP contribution is -2.14. The number of hydrogen-bond donors (Lipinski definition) is 1. The van der Waals surface area contributed by atoms with Crippen LogP contribution in [-0.2, 0) is 23.7 Å². The zero-order chi connectivity index (χ0) is 26.6. The van der Waals surface area contributed by atoms with Gasteiger partial charge in [0.05, 0.1) is 0 Å². The van der Waals surface area contributed by atoms with Crippen molar-refractivity contribution in [2.45, 2.75) is 37.6 Å². The number of carbonyl (C=O) groups is 2. The van der Waals surface area contributed by atoms with Crippen LogP contribution in [0.15, 0.2) is 95.9 Å². The van der Waals surface area contributed by atoms with Crippen molar-refractivity contribution in [1.82, 2.24) is 4.57 Å². The van der Waals surface area contributed by atoms with E-state index in [1.807, 2.05) is 74.5 Å². The first-order chi connectivity index (χ1) is 18.4. The third kappa shape index (κ3) is 5.46. The smallest absolute Gasteiger partial charge is 0.323 e. The average molecular weight is 524 g/mol. The number of benzene rings is 4. The van der Waals surface area contributed by atoms with E-state index in [0.29, 0.717) is 23.7 Å². The van der Waals surface area contributed by atoms with Crippen LogP contribution in [0.25, 0.3) is 21.7 Å². The monoisotopic (exact) mass is 523 g/mol. The number of carbonyl (C=O) groups excluding carboxylic acids is 1. The van der Waals surface area contributed by atoms with E-state index in [4.69, 9.17) is 4.74 Å². The number of Topliss-reactive ketones (excluding diaryl/α,β-unsaturated/α-hetero) is 1. The summed E-state index contributed by atoms with van der Waals surface area (Å²) in [6, 6.07) is 29.9. The minimum absolute atomic E-state index is 0.00606. The predicted octanol–water partition coefficient (Wildman–Crippen LogP) is 7.59. The van der Waals surface area contributed by atoms with E-state index in [1.165, 1.54) is 0 Å². The maximum Gasteiger partial charge on any atom is 0.323 e. The number of hydrogen-bond acceptors (Lipinski definition) is 4. The second kappa shape index (κ2) is 11.2. The number of carboxylic acids is 1. The van der Waals surface area contributed by atoms with Crippen LogP contribution < -0.4 is 4.74 Å². The Hall–Kier alpha value is -4.03. The summed E-state index contributed by atoms with van der Waals surface area (Å²) in [4.78, 5) is 26.5. The lowest BCUT2D eigenvalue weighted by atomic mass is 9.98. The molecule has 0 unspecified atom stereocenters. The van der Waals surface area contributed by atoms with Gasteiger partial charge < -0.3 is 14.4 Å². The van der Waals surface area contributed by atoms with Gasteiger partial charge in [-0.05, 0) is 46.7 Å². The first kappa shape index (κ1) is 25.6. The summed E-state index contributed by atoms with van der Waals surface area (Å²) in [5.74, 6) is -0.0910. The average Bonchev–Trinajstić information content (AvgIpc) is 3.22. The molecule has 0 bridgehead atoms. The molecule has 1 aromatic heterocycles. The summed E-state index contributed by atoms with van der Waals surface area (Å²) < 4.78 is 7.82. The molecule has 0 saturated carbocycles. The van der Waals surface area contributed by atoms with E-state index >= 15 is 0 Å². The molecular formula is C32H29NO4S. The topological polar surface area (TPSA) is 68.5 Å². The van der Waals surface area contributed by atoms with Gasteiger partial charge >= 0.3 is 5.97 Å². The van der Waals surface area contributed by atoms with Crippen molar-refractivity contribution in [3.05, 3.63) is 108 Å². The van der Waals surface area contributed by atoms with Gasteiger partial charge in [0.2, 0.25) is 0 Å². The summed E-state index contributed by atoms with van der Waals surface area (Å²) in [6.45, 7) is 3.93. The van der Waals surface area contributed by atoms with Crippen LogP contribution in [0.3, 0.4) is 0 Å². The molecule has 0 aliphatic carbocycles.